The lowest BCUT2D eigenvalue weighted by Gasteiger charge is -2.35. The zero-order valence-electron chi connectivity index (χ0n) is 23.8. The monoisotopic (exact) mass is 532 g/mol. The summed E-state index contributed by atoms with van der Waals surface area (Å²) in [6, 6.07) is 5.54. The Morgan fingerprint density at radius 3 is 2.44 bits per heavy atom. The molecule has 0 bridgehead atoms. The minimum absolute atomic E-state index is 0.00753. The van der Waals surface area contributed by atoms with E-state index >= 15 is 0 Å². The van der Waals surface area contributed by atoms with E-state index in [4.69, 9.17) is 0 Å². The Balaban J connectivity index is 1.38. The van der Waals surface area contributed by atoms with Crippen LogP contribution in [0, 0.1) is 35.5 Å². The van der Waals surface area contributed by atoms with Crippen LogP contribution in [-0.4, -0.2) is 58.1 Å². The van der Waals surface area contributed by atoms with E-state index in [1.54, 1.807) is 4.90 Å². The molecule has 2 heterocycles. The molecule has 8 heteroatoms. The number of benzene rings is 1. The van der Waals surface area contributed by atoms with Crippen LogP contribution >= 0.6 is 0 Å². The number of carbonyl (C=O) groups is 4. The molecule has 1 aromatic carbocycles. The molecule has 1 saturated heterocycles. The second-order valence-corrected chi connectivity index (χ2v) is 13.3. The molecule has 5 rings (SSSR count). The summed E-state index contributed by atoms with van der Waals surface area (Å²) >= 11 is 0. The van der Waals surface area contributed by atoms with E-state index in [0.29, 0.717) is 12.2 Å². The minimum Gasteiger partial charge on any atom is -0.351 e. The minimum atomic E-state index is -0.746. The molecule has 3 N–H and O–H groups in total. The summed E-state index contributed by atoms with van der Waals surface area (Å²) in [6.45, 7) is 16.0. The maximum atomic E-state index is 14.0. The number of piperidine rings is 1. The average Bonchev–Trinajstić information content (AvgIpc) is 3.64. The van der Waals surface area contributed by atoms with Crippen LogP contribution in [0.1, 0.15) is 63.5 Å². The van der Waals surface area contributed by atoms with Gasteiger partial charge in [0.15, 0.2) is 5.78 Å². The molecule has 1 aliphatic heterocycles. The molecule has 2 aromatic rings. The van der Waals surface area contributed by atoms with Crippen molar-refractivity contribution in [1.82, 2.24) is 20.5 Å². The summed E-state index contributed by atoms with van der Waals surface area (Å²) < 4.78 is 0. The number of hydrogen-bond donors (Lipinski definition) is 3. The third-order valence-corrected chi connectivity index (χ3v) is 9.17. The molecule has 1 unspecified atom stereocenters. The SMILES string of the molecule is C=CC(=O)[C@@H](NC(=O)[C@@H]1[C@@H]2C(CN1C(=O)[C@@H](NC(=O)c1cc3c(C)cccc3[nH]1)C1CC1)C2(C)C)C(C)(C)C. The first-order chi connectivity index (χ1) is 18.3. The first-order valence-corrected chi connectivity index (χ1v) is 13.9. The Morgan fingerprint density at radius 1 is 1.15 bits per heavy atom. The number of aryl methyl sites for hydroxylation is 1. The third-order valence-electron chi connectivity index (χ3n) is 9.17. The van der Waals surface area contributed by atoms with Crippen LogP contribution < -0.4 is 10.6 Å². The highest BCUT2D eigenvalue weighted by Crippen LogP contribution is 2.65. The Kier molecular flexibility index (Phi) is 6.51. The van der Waals surface area contributed by atoms with Crippen molar-refractivity contribution in [1.29, 1.82) is 0 Å². The van der Waals surface area contributed by atoms with E-state index in [1.165, 1.54) is 6.08 Å². The maximum absolute atomic E-state index is 14.0. The Labute approximate surface area is 230 Å². The van der Waals surface area contributed by atoms with Crippen molar-refractivity contribution in [2.24, 2.45) is 28.6 Å². The average molecular weight is 533 g/mol. The zero-order valence-corrected chi connectivity index (χ0v) is 23.8. The lowest BCUT2D eigenvalue weighted by Crippen LogP contribution is -2.59. The Bertz CT molecular complexity index is 1360. The van der Waals surface area contributed by atoms with Crippen LogP contribution in [0.4, 0.5) is 0 Å². The van der Waals surface area contributed by atoms with Gasteiger partial charge in [0.25, 0.3) is 5.91 Å². The van der Waals surface area contributed by atoms with E-state index in [1.807, 2.05) is 52.0 Å². The number of ketones is 1. The summed E-state index contributed by atoms with van der Waals surface area (Å²) in [5.41, 5.74) is 1.76. The number of nitrogens with one attached hydrogen (secondary N) is 3. The fourth-order valence-electron chi connectivity index (χ4n) is 6.51. The van der Waals surface area contributed by atoms with E-state index in [2.05, 4.69) is 36.0 Å². The number of aromatic amines is 1. The number of rotatable bonds is 8. The van der Waals surface area contributed by atoms with Crippen LogP contribution in [0.3, 0.4) is 0 Å². The summed E-state index contributed by atoms with van der Waals surface area (Å²) in [5.74, 6) is -0.861. The molecule has 0 radical (unpaired) electrons. The first-order valence-electron chi connectivity index (χ1n) is 13.9. The molecule has 2 saturated carbocycles. The molecule has 8 nitrogen and oxygen atoms in total. The van der Waals surface area contributed by atoms with E-state index in [-0.39, 0.29) is 46.7 Å². The van der Waals surface area contributed by atoms with Crippen molar-refractivity contribution in [2.75, 3.05) is 6.54 Å². The van der Waals surface area contributed by atoms with Crippen LogP contribution in [-0.2, 0) is 14.4 Å². The Hall–Kier alpha value is -3.42. The first kappa shape index (κ1) is 27.2. The molecule has 2 aliphatic carbocycles. The van der Waals surface area contributed by atoms with Gasteiger partial charge >= 0.3 is 0 Å². The molecular weight excluding hydrogens is 492 g/mol. The molecule has 3 fully saturated rings. The third kappa shape index (κ3) is 4.79. The van der Waals surface area contributed by atoms with E-state index < -0.39 is 23.5 Å². The second kappa shape index (κ2) is 9.35. The number of carbonyl (C=O) groups excluding carboxylic acids is 4. The number of aromatic nitrogens is 1. The maximum Gasteiger partial charge on any atom is 0.268 e. The predicted molar refractivity (Wildman–Crippen MR) is 150 cm³/mol. The number of likely N-dealkylation sites (tertiary alicyclic amines) is 1. The van der Waals surface area contributed by atoms with Crippen LogP contribution in [0.2, 0.25) is 0 Å². The topological polar surface area (TPSA) is 111 Å². The quantitative estimate of drug-likeness (QED) is 0.450. The van der Waals surface area contributed by atoms with Gasteiger partial charge in [-0.05, 0) is 72.1 Å². The van der Waals surface area contributed by atoms with E-state index in [0.717, 1.165) is 29.3 Å². The normalized spacial score (nSPS) is 25.0. The molecule has 3 aliphatic rings. The van der Waals surface area contributed by atoms with Crippen LogP contribution in [0.25, 0.3) is 10.9 Å². The van der Waals surface area contributed by atoms with Crippen molar-refractivity contribution in [3.8, 4) is 0 Å². The molecule has 0 spiro atoms. The molecule has 39 heavy (non-hydrogen) atoms. The second-order valence-electron chi connectivity index (χ2n) is 13.3. The summed E-state index contributed by atoms with van der Waals surface area (Å²) in [7, 11) is 0. The van der Waals surface area contributed by atoms with Crippen molar-refractivity contribution in [3.63, 3.8) is 0 Å². The lowest BCUT2D eigenvalue weighted by atomic mass is 9.83. The van der Waals surface area contributed by atoms with Gasteiger partial charge in [-0.15, -0.1) is 0 Å². The highest BCUT2D eigenvalue weighted by molar-refractivity contribution is 6.02. The largest absolute Gasteiger partial charge is 0.351 e. The molecular formula is C31H40N4O4. The Morgan fingerprint density at radius 2 is 1.85 bits per heavy atom. The summed E-state index contributed by atoms with van der Waals surface area (Å²) in [5, 5.41) is 6.92. The van der Waals surface area contributed by atoms with Crippen molar-refractivity contribution in [2.45, 2.75) is 72.5 Å². The smallest absolute Gasteiger partial charge is 0.268 e. The van der Waals surface area contributed by atoms with Crippen LogP contribution in [0.5, 0.6) is 0 Å². The fourth-order valence-corrected chi connectivity index (χ4v) is 6.51. The molecule has 208 valence electrons. The van der Waals surface area contributed by atoms with Crippen molar-refractivity contribution < 1.29 is 19.2 Å². The van der Waals surface area contributed by atoms with Gasteiger partial charge in [0, 0.05) is 17.4 Å². The van der Waals surface area contributed by atoms with Gasteiger partial charge in [0.05, 0.1) is 6.04 Å². The lowest BCUT2D eigenvalue weighted by molar-refractivity contribution is -0.143. The van der Waals surface area contributed by atoms with Crippen LogP contribution in [0.15, 0.2) is 36.9 Å². The summed E-state index contributed by atoms with van der Waals surface area (Å²) in [6.07, 6.45) is 2.94. The number of fused-ring (bicyclic) bond motifs is 2. The van der Waals surface area contributed by atoms with Gasteiger partial charge in [-0.2, -0.15) is 0 Å². The number of hydrogen-bond acceptors (Lipinski definition) is 4. The van der Waals surface area contributed by atoms with Gasteiger partial charge in [-0.3, -0.25) is 19.2 Å². The standard InChI is InChI=1S/C31H40N4O4/c1-8-22(36)26(30(3,4)5)34-28(38)25-23-19(31(23,6)7)15-35(25)29(39)24(17-12-13-17)33-27(37)21-14-18-16(2)10-9-11-20(18)32-21/h8-11,14,17,19,23-26,32H,1,12-13,15H2,2-7H3,(H,33,37)(H,34,38)/t19?,23-,24-,25-,26+/m0/s1. The van der Waals surface area contributed by atoms with Gasteiger partial charge < -0.3 is 20.5 Å². The number of H-pyrrole nitrogens is 1. The molecule has 5 atom stereocenters. The van der Waals surface area contributed by atoms with Crippen molar-refractivity contribution in [3.05, 3.63) is 48.2 Å². The van der Waals surface area contributed by atoms with E-state index in [9.17, 15) is 19.2 Å². The fraction of sp³-hybridized carbons (Fsp3) is 0.548. The number of amides is 3. The predicted octanol–water partition coefficient (Wildman–Crippen LogP) is 3.75. The molecule has 1 aromatic heterocycles. The van der Waals surface area contributed by atoms with Gasteiger partial charge in [-0.1, -0.05) is 53.3 Å². The number of nitrogens with zero attached hydrogens (tertiary/aromatic N) is 1. The van der Waals surface area contributed by atoms with Gasteiger partial charge in [0.1, 0.15) is 17.8 Å². The van der Waals surface area contributed by atoms with Gasteiger partial charge in [0.2, 0.25) is 11.8 Å². The van der Waals surface area contributed by atoms with Gasteiger partial charge in [-0.25, -0.2) is 0 Å². The highest BCUT2D eigenvalue weighted by Gasteiger charge is 2.70. The van der Waals surface area contributed by atoms with Crippen molar-refractivity contribution >= 4 is 34.4 Å². The summed E-state index contributed by atoms with van der Waals surface area (Å²) in [4.78, 5) is 58.5. The highest BCUT2D eigenvalue weighted by atomic mass is 16.2. The molecule has 3 amide bonds. The zero-order chi connectivity index (χ0) is 28.4.